The standard InChI is InChI=1S/C14H22N2O2S.ClH/c1-11-6-2-5-9-14(11)19(17,18)16-13(10-15)12-7-3-4-8-12;/h2,5-6,9,12-13,16H,3-4,7-8,10,15H2,1H3;1H. The predicted molar refractivity (Wildman–Crippen MR) is 83.5 cm³/mol. The summed E-state index contributed by atoms with van der Waals surface area (Å²) in [5.41, 5.74) is 6.51. The van der Waals surface area contributed by atoms with Crippen LogP contribution in [0.1, 0.15) is 31.2 Å². The number of hydrogen-bond acceptors (Lipinski definition) is 3. The van der Waals surface area contributed by atoms with Crippen LogP contribution in [-0.2, 0) is 10.0 Å². The van der Waals surface area contributed by atoms with Crippen LogP contribution in [0.5, 0.6) is 0 Å². The second kappa shape index (κ2) is 7.41. The van der Waals surface area contributed by atoms with E-state index in [9.17, 15) is 8.42 Å². The minimum Gasteiger partial charge on any atom is -0.329 e. The van der Waals surface area contributed by atoms with Gasteiger partial charge in [0, 0.05) is 12.6 Å². The average molecular weight is 319 g/mol. The lowest BCUT2D eigenvalue weighted by atomic mass is 9.99. The first kappa shape index (κ1) is 17.4. The summed E-state index contributed by atoms with van der Waals surface area (Å²) in [7, 11) is -3.47. The molecule has 20 heavy (non-hydrogen) atoms. The number of sulfonamides is 1. The van der Waals surface area contributed by atoms with E-state index in [1.165, 1.54) is 12.8 Å². The number of aryl methyl sites for hydroxylation is 1. The maximum Gasteiger partial charge on any atom is 0.241 e. The third-order valence-electron chi connectivity index (χ3n) is 3.91. The number of hydrogen-bond donors (Lipinski definition) is 2. The Morgan fingerprint density at radius 1 is 1.30 bits per heavy atom. The van der Waals surface area contributed by atoms with Crippen molar-refractivity contribution in [1.82, 2.24) is 4.72 Å². The third-order valence-corrected chi connectivity index (χ3v) is 5.56. The largest absolute Gasteiger partial charge is 0.329 e. The van der Waals surface area contributed by atoms with Gasteiger partial charge in [-0.1, -0.05) is 31.0 Å². The van der Waals surface area contributed by atoms with Crippen molar-refractivity contribution < 1.29 is 8.42 Å². The van der Waals surface area contributed by atoms with Crippen LogP contribution in [0.3, 0.4) is 0 Å². The highest BCUT2D eigenvalue weighted by molar-refractivity contribution is 7.89. The first-order valence-electron chi connectivity index (χ1n) is 6.82. The lowest BCUT2D eigenvalue weighted by Crippen LogP contribution is -2.44. The molecule has 1 unspecified atom stereocenters. The fraction of sp³-hybridized carbons (Fsp3) is 0.571. The number of benzene rings is 1. The van der Waals surface area contributed by atoms with Crippen LogP contribution in [0, 0.1) is 12.8 Å². The van der Waals surface area contributed by atoms with Crippen LogP contribution in [0.25, 0.3) is 0 Å². The molecule has 1 aliphatic carbocycles. The van der Waals surface area contributed by atoms with Crippen molar-refractivity contribution in [1.29, 1.82) is 0 Å². The van der Waals surface area contributed by atoms with E-state index in [1.807, 2.05) is 19.1 Å². The first-order chi connectivity index (χ1) is 9.04. The Balaban J connectivity index is 0.00000200. The van der Waals surface area contributed by atoms with Crippen molar-refractivity contribution in [2.75, 3.05) is 6.54 Å². The molecule has 114 valence electrons. The number of halogens is 1. The molecule has 1 saturated carbocycles. The SMILES string of the molecule is Cc1ccccc1S(=O)(=O)NC(CN)C1CCCC1.Cl. The van der Waals surface area contributed by atoms with Gasteiger partial charge in [-0.15, -0.1) is 12.4 Å². The third kappa shape index (κ3) is 3.95. The highest BCUT2D eigenvalue weighted by Crippen LogP contribution is 2.28. The van der Waals surface area contributed by atoms with Crippen LogP contribution in [0.4, 0.5) is 0 Å². The molecule has 1 atom stereocenters. The first-order valence-corrected chi connectivity index (χ1v) is 8.31. The van der Waals surface area contributed by atoms with Crippen molar-refractivity contribution in [2.45, 2.75) is 43.5 Å². The van der Waals surface area contributed by atoms with E-state index >= 15 is 0 Å². The van der Waals surface area contributed by atoms with E-state index in [2.05, 4.69) is 4.72 Å². The zero-order valence-electron chi connectivity index (χ0n) is 11.7. The number of nitrogens with two attached hydrogens (primary N) is 1. The monoisotopic (exact) mass is 318 g/mol. The summed E-state index contributed by atoms with van der Waals surface area (Å²) >= 11 is 0. The van der Waals surface area contributed by atoms with Crippen molar-refractivity contribution in [3.8, 4) is 0 Å². The quantitative estimate of drug-likeness (QED) is 0.874. The molecule has 0 aromatic heterocycles. The molecule has 1 fully saturated rings. The minimum absolute atomic E-state index is 0. The molecule has 0 radical (unpaired) electrons. The molecule has 0 aliphatic heterocycles. The van der Waals surface area contributed by atoms with Gasteiger partial charge < -0.3 is 5.73 Å². The average Bonchev–Trinajstić information content (AvgIpc) is 2.90. The number of rotatable bonds is 5. The molecule has 0 spiro atoms. The summed E-state index contributed by atoms with van der Waals surface area (Å²) in [6.07, 6.45) is 4.48. The Morgan fingerprint density at radius 2 is 1.90 bits per heavy atom. The lowest BCUT2D eigenvalue weighted by molar-refractivity contribution is 0.405. The van der Waals surface area contributed by atoms with Gasteiger partial charge in [0.25, 0.3) is 0 Å². The van der Waals surface area contributed by atoms with E-state index in [4.69, 9.17) is 5.73 Å². The van der Waals surface area contributed by atoms with Gasteiger partial charge in [-0.2, -0.15) is 0 Å². The second-order valence-corrected chi connectivity index (χ2v) is 6.96. The van der Waals surface area contributed by atoms with Crippen LogP contribution in [0.2, 0.25) is 0 Å². The molecule has 1 aromatic rings. The maximum absolute atomic E-state index is 12.4. The second-order valence-electron chi connectivity index (χ2n) is 5.27. The fourth-order valence-electron chi connectivity index (χ4n) is 2.82. The molecule has 1 aliphatic rings. The lowest BCUT2D eigenvalue weighted by Gasteiger charge is -2.23. The van der Waals surface area contributed by atoms with E-state index in [0.717, 1.165) is 18.4 Å². The van der Waals surface area contributed by atoms with E-state index in [1.54, 1.807) is 12.1 Å². The van der Waals surface area contributed by atoms with Gasteiger partial charge in [-0.05, 0) is 37.3 Å². The molecule has 6 heteroatoms. The summed E-state index contributed by atoms with van der Waals surface area (Å²) in [6.45, 7) is 2.16. The highest BCUT2D eigenvalue weighted by atomic mass is 35.5. The van der Waals surface area contributed by atoms with Crippen molar-refractivity contribution >= 4 is 22.4 Å². The summed E-state index contributed by atoms with van der Waals surface area (Å²) < 4.78 is 27.6. The van der Waals surface area contributed by atoms with Crippen LogP contribution in [-0.4, -0.2) is 21.0 Å². The Labute approximate surface area is 127 Å². The molecule has 1 aromatic carbocycles. The Morgan fingerprint density at radius 3 is 2.45 bits per heavy atom. The topological polar surface area (TPSA) is 72.2 Å². The van der Waals surface area contributed by atoms with E-state index < -0.39 is 10.0 Å². The fourth-order valence-corrected chi connectivity index (χ4v) is 4.38. The van der Waals surface area contributed by atoms with Crippen molar-refractivity contribution in [3.63, 3.8) is 0 Å². The van der Waals surface area contributed by atoms with Crippen LogP contribution >= 0.6 is 12.4 Å². The summed E-state index contributed by atoms with van der Waals surface area (Å²) in [5, 5.41) is 0. The molecular weight excluding hydrogens is 296 g/mol. The molecule has 0 bridgehead atoms. The van der Waals surface area contributed by atoms with Gasteiger partial charge in [0.2, 0.25) is 10.0 Å². The molecule has 0 saturated heterocycles. The van der Waals surface area contributed by atoms with E-state index in [-0.39, 0.29) is 18.4 Å². The normalized spacial score (nSPS) is 17.7. The van der Waals surface area contributed by atoms with Crippen molar-refractivity contribution in [3.05, 3.63) is 29.8 Å². The van der Waals surface area contributed by atoms with Gasteiger partial charge in [0.1, 0.15) is 0 Å². The van der Waals surface area contributed by atoms with Gasteiger partial charge in [0.15, 0.2) is 0 Å². The smallest absolute Gasteiger partial charge is 0.241 e. The molecule has 0 amide bonds. The highest BCUT2D eigenvalue weighted by Gasteiger charge is 2.28. The van der Waals surface area contributed by atoms with Gasteiger partial charge in [0.05, 0.1) is 4.90 Å². The van der Waals surface area contributed by atoms with Crippen LogP contribution < -0.4 is 10.5 Å². The Bertz CT molecular complexity index is 528. The van der Waals surface area contributed by atoms with Crippen LogP contribution in [0.15, 0.2) is 29.2 Å². The zero-order valence-corrected chi connectivity index (χ0v) is 13.3. The van der Waals surface area contributed by atoms with Gasteiger partial charge in [-0.3, -0.25) is 0 Å². The Hall–Kier alpha value is -0.620. The van der Waals surface area contributed by atoms with E-state index in [0.29, 0.717) is 17.4 Å². The summed E-state index contributed by atoms with van der Waals surface area (Å²) in [5.74, 6) is 0.379. The molecule has 3 N–H and O–H groups in total. The molecule has 2 rings (SSSR count). The van der Waals surface area contributed by atoms with Gasteiger partial charge >= 0.3 is 0 Å². The van der Waals surface area contributed by atoms with Crippen molar-refractivity contribution in [2.24, 2.45) is 11.7 Å². The zero-order chi connectivity index (χ0) is 13.9. The minimum atomic E-state index is -3.47. The van der Waals surface area contributed by atoms with Gasteiger partial charge in [-0.25, -0.2) is 13.1 Å². The number of nitrogens with one attached hydrogen (secondary N) is 1. The molecule has 4 nitrogen and oxygen atoms in total. The summed E-state index contributed by atoms with van der Waals surface area (Å²) in [4.78, 5) is 0.353. The maximum atomic E-state index is 12.4. The molecule has 0 heterocycles. The predicted octanol–water partition coefficient (Wildman–Crippen LogP) is 2.21. The summed E-state index contributed by atoms with van der Waals surface area (Å²) in [6, 6.07) is 6.88. The Kier molecular flexibility index (Phi) is 6.45. The molecular formula is C14H23ClN2O2S.